The van der Waals surface area contributed by atoms with Crippen LogP contribution in [0.4, 0.5) is 15.0 Å². The second kappa shape index (κ2) is 13.2. The van der Waals surface area contributed by atoms with Crippen molar-refractivity contribution in [1.82, 2.24) is 24.8 Å². The van der Waals surface area contributed by atoms with Crippen molar-refractivity contribution in [3.63, 3.8) is 0 Å². The lowest BCUT2D eigenvalue weighted by molar-refractivity contribution is 0.0145. The summed E-state index contributed by atoms with van der Waals surface area (Å²) in [5, 5.41) is 12.2. The first kappa shape index (κ1) is 33.2. The summed E-state index contributed by atoms with van der Waals surface area (Å²) in [5.41, 5.74) is 0.148. The van der Waals surface area contributed by atoms with Crippen LogP contribution < -0.4 is 9.64 Å². The third-order valence-corrected chi connectivity index (χ3v) is 10.0. The van der Waals surface area contributed by atoms with Crippen LogP contribution >= 0.6 is 11.6 Å². The van der Waals surface area contributed by atoms with Crippen LogP contribution in [0.2, 0.25) is 5.02 Å². The van der Waals surface area contributed by atoms with Crippen molar-refractivity contribution in [3.8, 4) is 23.3 Å². The highest BCUT2D eigenvalue weighted by atomic mass is 35.5. The molecule has 0 N–H and O–H groups in total. The molecule has 49 heavy (non-hydrogen) atoms. The van der Waals surface area contributed by atoms with E-state index >= 15 is 4.39 Å². The number of aromatic nitrogens is 3. The van der Waals surface area contributed by atoms with E-state index in [4.69, 9.17) is 26.1 Å². The number of likely N-dealkylation sites (tertiary alicyclic amines) is 1. The molecular formula is C37H41ClFN7O3. The van der Waals surface area contributed by atoms with Gasteiger partial charge in [-0.1, -0.05) is 41.9 Å². The SMILES string of the molecule is CC(C)(C)OC(=O)N1CCN(c2nc(OCC3(CN4CCCC4)CC3)nc3c(F)c(-c4cccc5cccc(Cl)c45)ncc23)C[C@@H]1CC#N. The van der Waals surface area contributed by atoms with Gasteiger partial charge in [0, 0.05) is 53.8 Å². The minimum atomic E-state index is -0.677. The number of amides is 1. The third kappa shape index (κ3) is 6.94. The van der Waals surface area contributed by atoms with Crippen molar-refractivity contribution in [2.24, 2.45) is 5.41 Å². The maximum Gasteiger partial charge on any atom is 0.410 e. The molecule has 0 unspecified atom stereocenters. The van der Waals surface area contributed by atoms with Gasteiger partial charge in [-0.2, -0.15) is 15.2 Å². The Kier molecular flexibility index (Phi) is 8.96. The number of piperazine rings is 1. The van der Waals surface area contributed by atoms with Gasteiger partial charge in [-0.15, -0.1) is 0 Å². The Balaban J connectivity index is 1.27. The molecule has 1 saturated carbocycles. The summed E-state index contributed by atoms with van der Waals surface area (Å²) in [6, 6.07) is 13.0. The minimum absolute atomic E-state index is 0.0431. The topological polar surface area (TPSA) is 108 Å². The molecule has 10 nitrogen and oxygen atoms in total. The average Bonchev–Trinajstić information content (AvgIpc) is 3.64. The van der Waals surface area contributed by atoms with Crippen molar-refractivity contribution in [2.45, 2.75) is 64.5 Å². The van der Waals surface area contributed by atoms with Gasteiger partial charge in [0.2, 0.25) is 0 Å². The Hall–Kier alpha value is -4.27. The maximum atomic E-state index is 16.8. The van der Waals surface area contributed by atoms with Gasteiger partial charge < -0.3 is 24.2 Å². The largest absolute Gasteiger partial charge is 0.463 e. The molecule has 3 fully saturated rings. The average molecular weight is 686 g/mol. The summed E-state index contributed by atoms with van der Waals surface area (Å²) >= 11 is 6.63. The van der Waals surface area contributed by atoms with Crippen LogP contribution in [-0.2, 0) is 4.74 Å². The lowest BCUT2D eigenvalue weighted by Crippen LogP contribution is -2.56. The van der Waals surface area contributed by atoms with Gasteiger partial charge in [0.15, 0.2) is 5.82 Å². The monoisotopic (exact) mass is 685 g/mol. The Morgan fingerprint density at radius 2 is 1.86 bits per heavy atom. The van der Waals surface area contributed by atoms with Crippen molar-refractivity contribution < 1.29 is 18.7 Å². The number of anilines is 1. The zero-order valence-corrected chi connectivity index (χ0v) is 29.0. The minimum Gasteiger partial charge on any atom is -0.463 e. The van der Waals surface area contributed by atoms with Crippen LogP contribution in [0.1, 0.15) is 52.9 Å². The van der Waals surface area contributed by atoms with Gasteiger partial charge in [-0.25, -0.2) is 9.18 Å². The number of halogens is 2. The van der Waals surface area contributed by atoms with E-state index < -0.39 is 23.6 Å². The maximum absolute atomic E-state index is 16.8. The van der Waals surface area contributed by atoms with Gasteiger partial charge >= 0.3 is 12.1 Å². The van der Waals surface area contributed by atoms with Crippen LogP contribution in [0.25, 0.3) is 32.9 Å². The number of hydrogen-bond acceptors (Lipinski definition) is 9. The summed E-state index contributed by atoms with van der Waals surface area (Å²) in [6.07, 6.45) is 5.80. The van der Waals surface area contributed by atoms with Gasteiger partial charge in [-0.05, 0) is 71.0 Å². The molecule has 0 bridgehead atoms. The van der Waals surface area contributed by atoms with E-state index in [1.165, 1.54) is 12.8 Å². The first-order valence-electron chi connectivity index (χ1n) is 17.0. The van der Waals surface area contributed by atoms with Crippen LogP contribution in [-0.4, -0.2) is 88.4 Å². The van der Waals surface area contributed by atoms with Crippen LogP contribution in [0.5, 0.6) is 6.01 Å². The molecule has 1 amide bonds. The van der Waals surface area contributed by atoms with Gasteiger partial charge in [-0.3, -0.25) is 4.98 Å². The molecule has 12 heteroatoms. The molecule has 1 atom stereocenters. The van der Waals surface area contributed by atoms with Gasteiger partial charge in [0.05, 0.1) is 30.5 Å². The summed E-state index contributed by atoms with van der Waals surface area (Å²) in [4.78, 5) is 33.3. The standard InChI is InChI=1S/C37H41ClFN7O3/c1-36(2,3)49-35(47)46-19-18-45(21-25(46)12-15-40)33-27-20-41-31(26-10-6-8-24-9-7-11-28(38)29(24)26)30(39)32(27)42-34(43-33)48-23-37(13-14-37)22-44-16-4-5-17-44/h6-11,20,25H,4-5,12-14,16-19,21-23H2,1-3H3/t25-/m0/s1. The predicted molar refractivity (Wildman–Crippen MR) is 187 cm³/mol. The Bertz CT molecular complexity index is 1930. The molecule has 3 aliphatic rings. The number of nitriles is 1. The predicted octanol–water partition coefficient (Wildman–Crippen LogP) is 7.23. The second-order valence-corrected chi connectivity index (χ2v) is 15.0. The zero-order chi connectivity index (χ0) is 34.3. The second-order valence-electron chi connectivity index (χ2n) is 14.6. The molecule has 7 rings (SSSR count). The zero-order valence-electron chi connectivity index (χ0n) is 28.2. The summed E-state index contributed by atoms with van der Waals surface area (Å²) in [6.45, 7) is 10.0. The molecule has 2 saturated heterocycles. The first-order valence-corrected chi connectivity index (χ1v) is 17.4. The summed E-state index contributed by atoms with van der Waals surface area (Å²) < 4.78 is 28.8. The van der Waals surface area contributed by atoms with Crippen molar-refractivity contribution in [3.05, 3.63) is 53.4 Å². The fourth-order valence-electron chi connectivity index (χ4n) is 7.05. The summed E-state index contributed by atoms with van der Waals surface area (Å²) in [7, 11) is 0. The first-order chi connectivity index (χ1) is 23.5. The van der Waals surface area contributed by atoms with Crippen molar-refractivity contribution >= 4 is 45.2 Å². The normalized spacial score (nSPS) is 19.3. The van der Waals surface area contributed by atoms with E-state index in [-0.39, 0.29) is 29.1 Å². The van der Waals surface area contributed by atoms with E-state index in [0.29, 0.717) is 53.4 Å². The number of carbonyl (C=O) groups is 1. The molecule has 2 aromatic carbocycles. The molecule has 4 heterocycles. The number of hydrogen-bond donors (Lipinski definition) is 0. The number of rotatable bonds is 8. The molecule has 256 valence electrons. The lowest BCUT2D eigenvalue weighted by atomic mass is 10.0. The number of nitrogens with zero attached hydrogens (tertiary/aromatic N) is 7. The van der Waals surface area contributed by atoms with Gasteiger partial charge in [0.1, 0.15) is 22.6 Å². The number of benzene rings is 2. The van der Waals surface area contributed by atoms with Gasteiger partial charge in [0.25, 0.3) is 0 Å². The molecular weight excluding hydrogens is 645 g/mol. The Morgan fingerprint density at radius 1 is 1.10 bits per heavy atom. The molecule has 0 spiro atoms. The molecule has 0 radical (unpaired) electrons. The van der Waals surface area contributed by atoms with E-state index in [9.17, 15) is 10.1 Å². The number of carbonyl (C=O) groups excluding carboxylic acids is 1. The van der Waals surface area contributed by atoms with E-state index in [1.54, 1.807) is 17.2 Å². The Labute approximate surface area is 290 Å². The van der Waals surface area contributed by atoms with E-state index in [1.807, 2.05) is 56.0 Å². The molecule has 2 aliphatic heterocycles. The van der Waals surface area contributed by atoms with Crippen LogP contribution in [0.15, 0.2) is 42.6 Å². The fourth-order valence-corrected chi connectivity index (χ4v) is 7.34. The van der Waals surface area contributed by atoms with E-state index in [0.717, 1.165) is 37.9 Å². The molecule has 2 aromatic heterocycles. The highest BCUT2D eigenvalue weighted by molar-refractivity contribution is 6.36. The Morgan fingerprint density at radius 3 is 2.57 bits per heavy atom. The summed E-state index contributed by atoms with van der Waals surface area (Å²) in [5.74, 6) is -0.150. The quantitative estimate of drug-likeness (QED) is 0.190. The fraction of sp³-hybridized carbons (Fsp3) is 0.486. The van der Waals surface area contributed by atoms with Crippen LogP contribution in [0.3, 0.4) is 0 Å². The van der Waals surface area contributed by atoms with Crippen molar-refractivity contribution in [2.75, 3.05) is 50.8 Å². The number of fused-ring (bicyclic) bond motifs is 2. The number of ether oxygens (including phenoxy) is 2. The highest BCUT2D eigenvalue weighted by Crippen LogP contribution is 2.47. The molecule has 4 aromatic rings. The highest BCUT2D eigenvalue weighted by Gasteiger charge is 2.45. The molecule has 1 aliphatic carbocycles. The van der Waals surface area contributed by atoms with Crippen molar-refractivity contribution in [1.29, 1.82) is 5.26 Å². The lowest BCUT2D eigenvalue weighted by Gasteiger charge is -2.41. The number of pyridine rings is 1. The van der Waals surface area contributed by atoms with Crippen LogP contribution in [0, 0.1) is 22.6 Å². The van der Waals surface area contributed by atoms with E-state index in [2.05, 4.69) is 20.9 Å². The third-order valence-electron chi connectivity index (χ3n) is 9.71. The smallest absolute Gasteiger partial charge is 0.410 e.